The molecule has 1 fully saturated rings. The number of rotatable bonds is 8. The van der Waals surface area contributed by atoms with Gasteiger partial charge in [-0.25, -0.2) is 9.67 Å². The summed E-state index contributed by atoms with van der Waals surface area (Å²) in [6.45, 7) is 8.68. The fourth-order valence-corrected chi connectivity index (χ4v) is 2.85. The third kappa shape index (κ3) is 5.09. The van der Waals surface area contributed by atoms with E-state index in [-0.39, 0.29) is 36.8 Å². The maximum Gasteiger partial charge on any atom is 0.252 e. The molecule has 0 atom stereocenters. The maximum atomic E-state index is 12.7. The third-order valence-electron chi connectivity index (χ3n) is 4.33. The Labute approximate surface area is 167 Å². The molecule has 2 N–H and O–H groups in total. The summed E-state index contributed by atoms with van der Waals surface area (Å²) in [7, 11) is 0. The van der Waals surface area contributed by atoms with Crippen molar-refractivity contribution >= 4 is 41.8 Å². The lowest BCUT2D eigenvalue weighted by molar-refractivity contribution is 0.0955. The predicted molar refractivity (Wildman–Crippen MR) is 110 cm³/mol. The number of carbonyl (C=O) groups is 1. The van der Waals surface area contributed by atoms with Crippen LogP contribution in [0.1, 0.15) is 68.0 Å². The molecule has 0 radical (unpaired) electrons. The zero-order valence-corrected chi connectivity index (χ0v) is 17.3. The molecule has 2 heterocycles. The molecule has 0 aliphatic heterocycles. The van der Waals surface area contributed by atoms with E-state index in [1.807, 2.05) is 10.7 Å². The summed E-state index contributed by atoms with van der Waals surface area (Å²) in [4.78, 5) is 17.5. The van der Waals surface area contributed by atoms with Gasteiger partial charge in [0.05, 0.1) is 17.1 Å². The van der Waals surface area contributed by atoms with Crippen LogP contribution in [0.15, 0.2) is 12.3 Å². The minimum Gasteiger partial charge on any atom is -0.351 e. The standard InChI is InChI=1S/C18H27N5O.2ClH/c1-4-7-19-8-9-20-18(24)14-10-16(13-5-6-13)22-17-15(14)11-21-23(17)12(2)3;;/h10-13,19H,4-9H2,1-3H3,(H,20,24);2*1H. The van der Waals surface area contributed by atoms with Crippen molar-refractivity contribution in [3.8, 4) is 0 Å². The monoisotopic (exact) mass is 401 g/mol. The van der Waals surface area contributed by atoms with Crippen molar-refractivity contribution < 1.29 is 4.79 Å². The van der Waals surface area contributed by atoms with E-state index in [0.717, 1.165) is 49.1 Å². The maximum absolute atomic E-state index is 12.7. The molecule has 0 spiro atoms. The summed E-state index contributed by atoms with van der Waals surface area (Å²) in [5.41, 5.74) is 2.55. The lowest BCUT2D eigenvalue weighted by Crippen LogP contribution is -2.32. The van der Waals surface area contributed by atoms with Gasteiger partial charge in [-0.15, -0.1) is 24.8 Å². The number of hydrogen-bond donors (Lipinski definition) is 2. The zero-order chi connectivity index (χ0) is 17.1. The molecule has 1 saturated carbocycles. The number of aromatic nitrogens is 3. The summed E-state index contributed by atoms with van der Waals surface area (Å²) >= 11 is 0. The van der Waals surface area contributed by atoms with Crippen LogP contribution in [0.2, 0.25) is 0 Å². The van der Waals surface area contributed by atoms with E-state index in [1.54, 1.807) is 6.20 Å². The molecule has 6 nitrogen and oxygen atoms in total. The van der Waals surface area contributed by atoms with Gasteiger partial charge in [0.15, 0.2) is 5.65 Å². The average Bonchev–Trinajstić information content (AvgIpc) is 3.32. The predicted octanol–water partition coefficient (Wildman–Crippen LogP) is 3.46. The Kier molecular flexibility index (Phi) is 8.80. The van der Waals surface area contributed by atoms with Gasteiger partial charge in [0, 0.05) is 30.7 Å². The van der Waals surface area contributed by atoms with E-state index in [0.29, 0.717) is 18.0 Å². The number of pyridine rings is 1. The van der Waals surface area contributed by atoms with Gasteiger partial charge in [0.25, 0.3) is 5.91 Å². The lowest BCUT2D eigenvalue weighted by atomic mass is 10.1. The van der Waals surface area contributed by atoms with Gasteiger partial charge in [-0.1, -0.05) is 6.92 Å². The highest BCUT2D eigenvalue weighted by Gasteiger charge is 2.28. The Bertz CT molecular complexity index is 728. The van der Waals surface area contributed by atoms with Crippen molar-refractivity contribution in [3.63, 3.8) is 0 Å². The van der Waals surface area contributed by atoms with Gasteiger partial charge in [-0.2, -0.15) is 5.10 Å². The summed E-state index contributed by atoms with van der Waals surface area (Å²) in [6.07, 6.45) is 5.19. The Morgan fingerprint density at radius 2 is 2.00 bits per heavy atom. The van der Waals surface area contributed by atoms with E-state index >= 15 is 0 Å². The molecule has 1 aliphatic rings. The largest absolute Gasteiger partial charge is 0.351 e. The van der Waals surface area contributed by atoms with Crippen LogP contribution < -0.4 is 10.6 Å². The quantitative estimate of drug-likeness (QED) is 0.664. The molecule has 0 bridgehead atoms. The van der Waals surface area contributed by atoms with Gasteiger partial charge in [-0.05, 0) is 45.7 Å². The van der Waals surface area contributed by atoms with Crippen molar-refractivity contribution in [2.75, 3.05) is 19.6 Å². The first-order valence-electron chi connectivity index (χ1n) is 8.99. The highest BCUT2D eigenvalue weighted by Crippen LogP contribution is 2.40. The molecule has 1 aliphatic carbocycles. The van der Waals surface area contributed by atoms with Crippen molar-refractivity contribution in [3.05, 3.63) is 23.5 Å². The van der Waals surface area contributed by atoms with Gasteiger partial charge in [-0.3, -0.25) is 4.79 Å². The van der Waals surface area contributed by atoms with Gasteiger partial charge in [0.1, 0.15) is 0 Å². The van der Waals surface area contributed by atoms with E-state index in [9.17, 15) is 4.79 Å². The van der Waals surface area contributed by atoms with Crippen LogP contribution in [-0.4, -0.2) is 40.3 Å². The Hall–Kier alpha value is -1.37. The van der Waals surface area contributed by atoms with Crippen LogP contribution in [0.5, 0.6) is 0 Å². The fourth-order valence-electron chi connectivity index (χ4n) is 2.85. The average molecular weight is 402 g/mol. The number of carbonyl (C=O) groups excluding carboxylic acids is 1. The van der Waals surface area contributed by atoms with Crippen molar-refractivity contribution in [2.24, 2.45) is 0 Å². The highest BCUT2D eigenvalue weighted by atomic mass is 35.5. The van der Waals surface area contributed by atoms with E-state index < -0.39 is 0 Å². The number of hydrogen-bond acceptors (Lipinski definition) is 4. The first-order valence-corrected chi connectivity index (χ1v) is 8.99. The normalized spacial score (nSPS) is 13.4. The molecule has 1 amide bonds. The van der Waals surface area contributed by atoms with Crippen LogP contribution in [0.3, 0.4) is 0 Å². The zero-order valence-electron chi connectivity index (χ0n) is 15.6. The Balaban J connectivity index is 0.00000169. The summed E-state index contributed by atoms with van der Waals surface area (Å²) in [6, 6.07) is 2.18. The van der Waals surface area contributed by atoms with Gasteiger partial charge < -0.3 is 10.6 Å². The number of fused-ring (bicyclic) bond motifs is 1. The molecule has 0 aromatic carbocycles. The minimum absolute atomic E-state index is 0. The molecular formula is C18H29Cl2N5O. The smallest absolute Gasteiger partial charge is 0.252 e. The van der Waals surface area contributed by atoms with Crippen molar-refractivity contribution in [1.29, 1.82) is 0 Å². The van der Waals surface area contributed by atoms with E-state index in [2.05, 4.69) is 36.5 Å². The number of nitrogens with zero attached hydrogens (tertiary/aromatic N) is 3. The summed E-state index contributed by atoms with van der Waals surface area (Å²) < 4.78 is 1.90. The Morgan fingerprint density at radius 1 is 1.27 bits per heavy atom. The van der Waals surface area contributed by atoms with E-state index in [4.69, 9.17) is 4.98 Å². The second kappa shape index (κ2) is 10.1. The summed E-state index contributed by atoms with van der Waals surface area (Å²) in [5.74, 6) is 0.466. The van der Waals surface area contributed by atoms with Gasteiger partial charge in [0.2, 0.25) is 0 Å². The molecule has 0 unspecified atom stereocenters. The van der Waals surface area contributed by atoms with Crippen LogP contribution in [0.25, 0.3) is 11.0 Å². The first kappa shape index (κ1) is 22.7. The number of amides is 1. The highest BCUT2D eigenvalue weighted by molar-refractivity contribution is 6.05. The lowest BCUT2D eigenvalue weighted by Gasteiger charge is -2.11. The fraction of sp³-hybridized carbons (Fsp3) is 0.611. The van der Waals surface area contributed by atoms with Crippen LogP contribution in [0.4, 0.5) is 0 Å². The first-order chi connectivity index (χ1) is 11.6. The SMILES string of the molecule is CCCNCCNC(=O)c1cc(C2CC2)nc2c1cnn2C(C)C.Cl.Cl. The Morgan fingerprint density at radius 3 is 2.62 bits per heavy atom. The van der Waals surface area contributed by atoms with Crippen molar-refractivity contribution in [1.82, 2.24) is 25.4 Å². The molecule has 2 aromatic heterocycles. The van der Waals surface area contributed by atoms with Gasteiger partial charge >= 0.3 is 0 Å². The number of halogens is 2. The second-order valence-corrected chi connectivity index (χ2v) is 6.80. The topological polar surface area (TPSA) is 71.8 Å². The molecule has 26 heavy (non-hydrogen) atoms. The second-order valence-electron chi connectivity index (χ2n) is 6.80. The van der Waals surface area contributed by atoms with Crippen molar-refractivity contribution in [2.45, 2.75) is 52.0 Å². The van der Waals surface area contributed by atoms with E-state index in [1.165, 1.54) is 0 Å². The summed E-state index contributed by atoms with van der Waals surface area (Å²) in [5, 5.41) is 11.6. The minimum atomic E-state index is -0.0362. The third-order valence-corrected chi connectivity index (χ3v) is 4.33. The molecular weight excluding hydrogens is 373 g/mol. The van der Waals surface area contributed by atoms with Crippen LogP contribution >= 0.6 is 24.8 Å². The molecule has 8 heteroatoms. The molecule has 3 rings (SSSR count). The van der Waals surface area contributed by atoms with Crippen LogP contribution in [-0.2, 0) is 0 Å². The number of nitrogens with one attached hydrogen (secondary N) is 2. The molecule has 0 saturated heterocycles. The van der Waals surface area contributed by atoms with Crippen LogP contribution in [0, 0.1) is 0 Å². The molecule has 146 valence electrons. The molecule has 2 aromatic rings.